The van der Waals surface area contributed by atoms with E-state index in [1.54, 1.807) is 6.92 Å². The highest BCUT2D eigenvalue weighted by Crippen LogP contribution is 2.26. The van der Waals surface area contributed by atoms with Gasteiger partial charge < -0.3 is 9.15 Å². The number of carbonyl (C=O) groups is 1. The monoisotopic (exact) mass is 200 g/mol. The molecule has 0 radical (unpaired) electrons. The first-order valence-electron chi connectivity index (χ1n) is 4.05. The molecule has 0 aliphatic rings. The van der Waals surface area contributed by atoms with Crippen LogP contribution in [0.25, 0.3) is 0 Å². The van der Waals surface area contributed by atoms with E-state index < -0.39 is 0 Å². The molecule has 0 N–H and O–H groups in total. The molecule has 0 atom stereocenters. The van der Waals surface area contributed by atoms with Gasteiger partial charge in [0, 0.05) is 0 Å². The van der Waals surface area contributed by atoms with E-state index in [0.29, 0.717) is 6.61 Å². The Balaban J connectivity index is 2.63. The summed E-state index contributed by atoms with van der Waals surface area (Å²) in [6, 6.07) is 1.83. The average molecular weight is 200 g/mol. The van der Waals surface area contributed by atoms with Crippen molar-refractivity contribution in [2.45, 2.75) is 25.7 Å². The van der Waals surface area contributed by atoms with Crippen LogP contribution >= 0.6 is 11.8 Å². The number of carbonyl (C=O) groups excluding carboxylic acids is 1. The van der Waals surface area contributed by atoms with Crippen molar-refractivity contribution in [3.63, 3.8) is 0 Å². The van der Waals surface area contributed by atoms with E-state index in [2.05, 4.69) is 0 Å². The summed E-state index contributed by atoms with van der Waals surface area (Å²) < 4.78 is 10.1. The average Bonchev–Trinajstić information content (AvgIpc) is 2.30. The molecule has 0 saturated carbocycles. The van der Waals surface area contributed by atoms with Crippen LogP contribution in [0.3, 0.4) is 0 Å². The molecule has 72 valence electrons. The van der Waals surface area contributed by atoms with Gasteiger partial charge >= 0.3 is 5.30 Å². The molecule has 0 amide bonds. The molecule has 1 heterocycles. The van der Waals surface area contributed by atoms with Crippen molar-refractivity contribution < 1.29 is 13.9 Å². The van der Waals surface area contributed by atoms with Gasteiger partial charge in [0.15, 0.2) is 0 Å². The fraction of sp³-hybridized carbons (Fsp3) is 0.444. The van der Waals surface area contributed by atoms with Crippen LogP contribution in [-0.4, -0.2) is 11.9 Å². The molecule has 1 aromatic heterocycles. The third-order valence-corrected chi connectivity index (χ3v) is 2.36. The largest absolute Gasteiger partial charge is 0.465 e. The Hall–Kier alpha value is -0.900. The molecule has 0 aliphatic heterocycles. The molecule has 0 aliphatic carbocycles. The summed E-state index contributed by atoms with van der Waals surface area (Å²) in [7, 11) is 0. The maximum absolute atomic E-state index is 11.1. The summed E-state index contributed by atoms with van der Waals surface area (Å²) in [4.78, 5) is 11.9. The molecule has 1 aromatic rings. The molecular formula is C9H12O3S. The normalized spacial score (nSPS) is 10.1. The fourth-order valence-corrected chi connectivity index (χ4v) is 1.71. The van der Waals surface area contributed by atoms with E-state index in [9.17, 15) is 4.79 Å². The highest BCUT2D eigenvalue weighted by molar-refractivity contribution is 8.13. The second-order valence-corrected chi connectivity index (χ2v) is 3.54. The minimum Gasteiger partial charge on any atom is -0.465 e. The van der Waals surface area contributed by atoms with Crippen LogP contribution < -0.4 is 0 Å². The van der Waals surface area contributed by atoms with E-state index in [1.165, 1.54) is 0 Å². The maximum atomic E-state index is 11.1. The third-order valence-electron chi connectivity index (χ3n) is 1.45. The molecule has 4 heteroatoms. The summed E-state index contributed by atoms with van der Waals surface area (Å²) in [6.07, 6.45) is 0. The van der Waals surface area contributed by atoms with Gasteiger partial charge in [0.25, 0.3) is 0 Å². The lowest BCUT2D eigenvalue weighted by molar-refractivity contribution is 0.181. The molecule has 13 heavy (non-hydrogen) atoms. The van der Waals surface area contributed by atoms with Gasteiger partial charge in [0.2, 0.25) is 0 Å². The quantitative estimate of drug-likeness (QED) is 0.543. The lowest BCUT2D eigenvalue weighted by Crippen LogP contribution is -1.95. The van der Waals surface area contributed by atoms with Crippen molar-refractivity contribution in [3.05, 3.63) is 17.6 Å². The van der Waals surface area contributed by atoms with Crippen molar-refractivity contribution in [2.24, 2.45) is 0 Å². The van der Waals surface area contributed by atoms with E-state index in [4.69, 9.17) is 9.15 Å². The van der Waals surface area contributed by atoms with Gasteiger partial charge in [-0.15, -0.1) is 0 Å². The molecule has 0 unspecified atom stereocenters. The van der Waals surface area contributed by atoms with E-state index in [1.807, 2.05) is 19.9 Å². The van der Waals surface area contributed by atoms with Gasteiger partial charge in [-0.05, 0) is 38.6 Å². The number of hydrogen-bond donors (Lipinski definition) is 0. The fourth-order valence-electron chi connectivity index (χ4n) is 0.946. The van der Waals surface area contributed by atoms with E-state index in [0.717, 1.165) is 28.2 Å². The highest BCUT2D eigenvalue weighted by atomic mass is 32.2. The molecular weight excluding hydrogens is 188 g/mol. The Bertz CT molecular complexity index is 304. The van der Waals surface area contributed by atoms with Crippen LogP contribution in [0.5, 0.6) is 0 Å². The summed E-state index contributed by atoms with van der Waals surface area (Å²) in [5.41, 5.74) is 0. The Morgan fingerprint density at radius 3 is 2.77 bits per heavy atom. The lowest BCUT2D eigenvalue weighted by Gasteiger charge is -1.98. The SMILES string of the molecule is CCOC(=O)Sc1cc(C)oc1C. The Morgan fingerprint density at radius 2 is 2.31 bits per heavy atom. The van der Waals surface area contributed by atoms with Crippen molar-refractivity contribution in [2.75, 3.05) is 6.61 Å². The van der Waals surface area contributed by atoms with Gasteiger partial charge in [-0.3, -0.25) is 0 Å². The predicted molar refractivity (Wildman–Crippen MR) is 51.1 cm³/mol. The summed E-state index contributed by atoms with van der Waals surface area (Å²) in [5.74, 6) is 1.57. The summed E-state index contributed by atoms with van der Waals surface area (Å²) in [6.45, 7) is 5.87. The van der Waals surface area contributed by atoms with Crippen LogP contribution in [0.1, 0.15) is 18.4 Å². The smallest absolute Gasteiger partial charge is 0.372 e. The van der Waals surface area contributed by atoms with Crippen molar-refractivity contribution in [1.82, 2.24) is 0 Å². The van der Waals surface area contributed by atoms with Gasteiger partial charge in [-0.1, -0.05) is 0 Å². The molecule has 1 rings (SSSR count). The Morgan fingerprint density at radius 1 is 1.62 bits per heavy atom. The topological polar surface area (TPSA) is 39.4 Å². The first-order valence-corrected chi connectivity index (χ1v) is 4.86. The second-order valence-electron chi connectivity index (χ2n) is 2.56. The van der Waals surface area contributed by atoms with Gasteiger partial charge in [-0.25, -0.2) is 4.79 Å². The number of hydrogen-bond acceptors (Lipinski definition) is 4. The zero-order valence-electron chi connectivity index (χ0n) is 7.92. The summed E-state index contributed by atoms with van der Waals surface area (Å²) in [5, 5.41) is -0.286. The second kappa shape index (κ2) is 4.37. The zero-order chi connectivity index (χ0) is 9.84. The minimum atomic E-state index is -0.286. The van der Waals surface area contributed by atoms with Crippen LogP contribution in [0.4, 0.5) is 4.79 Å². The van der Waals surface area contributed by atoms with Gasteiger partial charge in [0.05, 0.1) is 11.5 Å². The molecule has 0 saturated heterocycles. The molecule has 3 nitrogen and oxygen atoms in total. The van der Waals surface area contributed by atoms with Crippen LogP contribution in [0.15, 0.2) is 15.4 Å². The standard InChI is InChI=1S/C9H12O3S/c1-4-11-9(10)13-8-5-6(2)12-7(8)3/h5H,4H2,1-3H3. The Labute approximate surface area is 81.4 Å². The van der Waals surface area contributed by atoms with Gasteiger partial charge in [-0.2, -0.15) is 0 Å². The lowest BCUT2D eigenvalue weighted by atomic mass is 10.4. The van der Waals surface area contributed by atoms with Crippen LogP contribution in [0, 0.1) is 13.8 Å². The van der Waals surface area contributed by atoms with Crippen molar-refractivity contribution >= 4 is 17.1 Å². The number of thioether (sulfide) groups is 1. The molecule has 0 aromatic carbocycles. The third kappa shape index (κ3) is 2.81. The number of furan rings is 1. The van der Waals surface area contributed by atoms with Crippen molar-refractivity contribution in [1.29, 1.82) is 0 Å². The zero-order valence-corrected chi connectivity index (χ0v) is 8.73. The first-order chi connectivity index (χ1) is 6.13. The highest BCUT2D eigenvalue weighted by Gasteiger charge is 2.10. The van der Waals surface area contributed by atoms with Gasteiger partial charge in [0.1, 0.15) is 11.5 Å². The van der Waals surface area contributed by atoms with E-state index in [-0.39, 0.29) is 5.30 Å². The van der Waals surface area contributed by atoms with Crippen molar-refractivity contribution in [3.8, 4) is 0 Å². The van der Waals surface area contributed by atoms with E-state index >= 15 is 0 Å². The Kier molecular flexibility index (Phi) is 3.42. The minimum absolute atomic E-state index is 0.286. The summed E-state index contributed by atoms with van der Waals surface area (Å²) >= 11 is 1.06. The number of aryl methyl sites for hydroxylation is 2. The molecule has 0 fully saturated rings. The first kappa shape index (κ1) is 10.2. The predicted octanol–water partition coefficient (Wildman–Crippen LogP) is 3.15. The van der Waals surface area contributed by atoms with Crippen LogP contribution in [-0.2, 0) is 4.74 Å². The number of rotatable bonds is 2. The molecule has 0 bridgehead atoms. The number of ether oxygens (including phenoxy) is 1. The maximum Gasteiger partial charge on any atom is 0.372 e. The van der Waals surface area contributed by atoms with Crippen LogP contribution in [0.2, 0.25) is 0 Å². The molecule has 0 spiro atoms.